The van der Waals surface area contributed by atoms with Gasteiger partial charge in [0.2, 0.25) is 0 Å². The normalized spacial score (nSPS) is 21.2. The van der Waals surface area contributed by atoms with Crippen LogP contribution in [0, 0.1) is 0 Å². The van der Waals surface area contributed by atoms with Gasteiger partial charge in [-0.1, -0.05) is 85.6 Å². The van der Waals surface area contributed by atoms with Crippen LogP contribution in [0.15, 0.2) is 107 Å². The number of allylic oxidation sites excluding steroid dienone is 5. The third-order valence-electron chi connectivity index (χ3n) is 4.78. The molecule has 0 spiro atoms. The molecule has 2 aromatic carbocycles. The molecule has 2 nitrogen and oxygen atoms in total. The first-order valence-electron chi connectivity index (χ1n) is 8.92. The van der Waals surface area contributed by atoms with E-state index in [-0.39, 0.29) is 18.0 Å². The number of ketones is 1. The van der Waals surface area contributed by atoms with Gasteiger partial charge in [-0.25, -0.2) is 0 Å². The molecule has 134 valence electrons. The van der Waals surface area contributed by atoms with Crippen LogP contribution in [-0.4, -0.2) is 11.9 Å². The van der Waals surface area contributed by atoms with Crippen LogP contribution < -0.4 is 0 Å². The summed E-state index contributed by atoms with van der Waals surface area (Å²) in [6.45, 7) is 7.66. The Balaban J connectivity index is 1.82. The number of Topliss-reactive ketones (excluding diaryl/α,β-unsaturated/α-hetero) is 1. The fourth-order valence-electron chi connectivity index (χ4n) is 3.40. The fourth-order valence-corrected chi connectivity index (χ4v) is 4.53. The van der Waals surface area contributed by atoms with Crippen molar-refractivity contribution < 1.29 is 9.53 Å². The molecule has 3 heteroatoms. The molecule has 1 saturated heterocycles. The zero-order chi connectivity index (χ0) is 18.8. The van der Waals surface area contributed by atoms with Crippen LogP contribution in [0.4, 0.5) is 0 Å². The lowest BCUT2D eigenvalue weighted by atomic mass is 9.95. The predicted molar refractivity (Wildman–Crippen MR) is 111 cm³/mol. The number of fused-ring (bicyclic) bond motifs is 3. The smallest absolute Gasteiger partial charge is 0.190 e. The largest absolute Gasteiger partial charge is 0.359 e. The van der Waals surface area contributed by atoms with Crippen LogP contribution in [0.3, 0.4) is 0 Å². The number of rotatable bonds is 6. The summed E-state index contributed by atoms with van der Waals surface area (Å²) in [7, 11) is 0. The zero-order valence-electron chi connectivity index (χ0n) is 14.9. The van der Waals surface area contributed by atoms with Crippen LogP contribution in [0.5, 0.6) is 0 Å². The summed E-state index contributed by atoms with van der Waals surface area (Å²) in [5, 5.41) is 0. The lowest BCUT2D eigenvalue weighted by molar-refractivity contribution is 0.102. The molecule has 2 aromatic rings. The minimum Gasteiger partial charge on any atom is -0.359 e. The van der Waals surface area contributed by atoms with Crippen molar-refractivity contribution >= 4 is 17.5 Å². The Morgan fingerprint density at radius 3 is 2.52 bits per heavy atom. The highest BCUT2D eigenvalue weighted by Crippen LogP contribution is 2.53. The fraction of sp³-hybridized carbons (Fsp3) is 0.125. The van der Waals surface area contributed by atoms with Crippen molar-refractivity contribution in [2.75, 3.05) is 0 Å². The maximum atomic E-state index is 13.4. The quantitative estimate of drug-likeness (QED) is 0.456. The summed E-state index contributed by atoms with van der Waals surface area (Å²) < 4.78 is 6.03. The number of carbonyl (C=O) groups excluding carboxylic acids is 1. The minimum absolute atomic E-state index is 0.0376. The lowest BCUT2D eigenvalue weighted by Gasteiger charge is -2.13. The minimum atomic E-state index is -0.0624. The van der Waals surface area contributed by atoms with E-state index >= 15 is 0 Å². The topological polar surface area (TPSA) is 29.6 Å². The lowest BCUT2D eigenvalue weighted by Crippen LogP contribution is -2.08. The van der Waals surface area contributed by atoms with Crippen LogP contribution in [0.25, 0.3) is 0 Å². The Kier molecular flexibility index (Phi) is 4.97. The average Bonchev–Trinajstić information content (AvgIpc) is 3.50. The number of thioether (sulfide) groups is 1. The Morgan fingerprint density at radius 2 is 1.78 bits per heavy atom. The first-order chi connectivity index (χ1) is 13.2. The van der Waals surface area contributed by atoms with Crippen molar-refractivity contribution in [2.24, 2.45) is 0 Å². The van der Waals surface area contributed by atoms with Gasteiger partial charge in [0.1, 0.15) is 12.2 Å². The molecule has 2 atom stereocenters. The van der Waals surface area contributed by atoms with E-state index in [0.717, 1.165) is 32.1 Å². The van der Waals surface area contributed by atoms with E-state index in [0.29, 0.717) is 6.42 Å². The van der Waals surface area contributed by atoms with Crippen molar-refractivity contribution in [2.45, 2.75) is 23.5 Å². The van der Waals surface area contributed by atoms with Crippen molar-refractivity contribution in [1.82, 2.24) is 0 Å². The molecular weight excluding hydrogens is 352 g/mol. The first kappa shape index (κ1) is 17.8. The highest BCUT2D eigenvalue weighted by atomic mass is 32.2. The molecule has 0 amide bonds. The number of benzene rings is 2. The van der Waals surface area contributed by atoms with E-state index in [2.05, 4.69) is 25.3 Å². The van der Waals surface area contributed by atoms with Crippen molar-refractivity contribution in [3.05, 3.63) is 113 Å². The molecule has 0 aromatic heterocycles. The van der Waals surface area contributed by atoms with E-state index in [4.69, 9.17) is 4.74 Å². The van der Waals surface area contributed by atoms with Crippen LogP contribution in [0.1, 0.15) is 28.4 Å². The van der Waals surface area contributed by atoms with Gasteiger partial charge in [0, 0.05) is 27.4 Å². The second kappa shape index (κ2) is 7.55. The number of carbonyl (C=O) groups is 1. The molecule has 1 heterocycles. The van der Waals surface area contributed by atoms with E-state index in [1.807, 2.05) is 48.5 Å². The third-order valence-corrected chi connectivity index (χ3v) is 5.99. The van der Waals surface area contributed by atoms with Gasteiger partial charge in [-0.15, -0.1) is 0 Å². The van der Waals surface area contributed by atoms with Gasteiger partial charge in [0.25, 0.3) is 0 Å². The zero-order valence-corrected chi connectivity index (χ0v) is 15.7. The monoisotopic (exact) mass is 372 g/mol. The molecule has 2 aliphatic rings. The molecular formula is C24H20O2S. The second-order valence-corrected chi connectivity index (χ2v) is 7.63. The molecule has 4 rings (SSSR count). The first-order valence-corrected chi connectivity index (χ1v) is 9.73. The number of hydrogen-bond donors (Lipinski definition) is 0. The van der Waals surface area contributed by atoms with Crippen LogP contribution >= 0.6 is 11.8 Å². The molecule has 1 fully saturated rings. The number of hydrogen-bond acceptors (Lipinski definition) is 3. The van der Waals surface area contributed by atoms with Crippen LogP contribution in [0.2, 0.25) is 0 Å². The van der Waals surface area contributed by atoms with E-state index in [1.165, 1.54) is 0 Å². The summed E-state index contributed by atoms with van der Waals surface area (Å²) in [6.07, 6.45) is 5.84. The summed E-state index contributed by atoms with van der Waals surface area (Å²) in [6, 6.07) is 17.9. The second-order valence-electron chi connectivity index (χ2n) is 6.51. The van der Waals surface area contributed by atoms with Crippen molar-refractivity contribution in [3.8, 4) is 0 Å². The van der Waals surface area contributed by atoms with Gasteiger partial charge >= 0.3 is 0 Å². The summed E-state index contributed by atoms with van der Waals surface area (Å²) >= 11 is 1.63. The van der Waals surface area contributed by atoms with Crippen molar-refractivity contribution in [3.63, 3.8) is 0 Å². The Bertz CT molecular complexity index is 969. The van der Waals surface area contributed by atoms with E-state index in [9.17, 15) is 4.79 Å². The van der Waals surface area contributed by atoms with Gasteiger partial charge in [-0.05, 0) is 23.3 Å². The molecule has 2 unspecified atom stereocenters. The van der Waals surface area contributed by atoms with Gasteiger partial charge in [-0.3, -0.25) is 4.79 Å². The van der Waals surface area contributed by atoms with Crippen molar-refractivity contribution in [1.29, 1.82) is 0 Å². The highest BCUT2D eigenvalue weighted by molar-refractivity contribution is 8.03. The van der Waals surface area contributed by atoms with Crippen LogP contribution in [-0.2, 0) is 4.74 Å². The standard InChI is InChI=1S/C24H20O2S/c1-3-10-16(4-2)15-20-21(25)18-13-8-9-14-19(18)22-23(26-22)24(20)27-17-11-6-5-7-12-17/h3-14,22-23H,1-2,15H2/b16-10+. The van der Waals surface area contributed by atoms with Gasteiger partial charge in [-0.2, -0.15) is 0 Å². The van der Waals surface area contributed by atoms with Gasteiger partial charge < -0.3 is 4.74 Å². The molecule has 27 heavy (non-hydrogen) atoms. The maximum absolute atomic E-state index is 13.4. The van der Waals surface area contributed by atoms with Gasteiger partial charge in [0.05, 0.1) is 0 Å². The molecule has 0 N–H and O–H groups in total. The molecule has 0 bridgehead atoms. The Morgan fingerprint density at radius 1 is 1.04 bits per heavy atom. The van der Waals surface area contributed by atoms with Gasteiger partial charge in [0.15, 0.2) is 5.78 Å². The predicted octanol–water partition coefficient (Wildman–Crippen LogP) is 6.06. The molecule has 1 aliphatic carbocycles. The van der Waals surface area contributed by atoms with E-state index < -0.39 is 0 Å². The molecule has 0 saturated carbocycles. The van der Waals surface area contributed by atoms with E-state index in [1.54, 1.807) is 23.9 Å². The highest BCUT2D eigenvalue weighted by Gasteiger charge is 2.49. The molecule has 1 aliphatic heterocycles. The summed E-state index contributed by atoms with van der Waals surface area (Å²) in [5.41, 5.74) is 3.48. The summed E-state index contributed by atoms with van der Waals surface area (Å²) in [5.74, 6) is 0.0802. The molecule has 0 radical (unpaired) electrons. The number of ether oxygens (including phenoxy) is 1. The summed E-state index contributed by atoms with van der Waals surface area (Å²) in [4.78, 5) is 15.6. The Labute approximate surface area is 163 Å². The Hall–Kier alpha value is -2.62. The third kappa shape index (κ3) is 3.48. The number of epoxide rings is 1. The maximum Gasteiger partial charge on any atom is 0.190 e. The average molecular weight is 372 g/mol. The SMILES string of the molecule is C=C/C=C(\C=C)CC1=C(Sc2ccccc2)C2OC2c2ccccc2C1=O.